The first-order chi connectivity index (χ1) is 9.86. The van der Waals surface area contributed by atoms with Crippen molar-refractivity contribution in [3.8, 4) is 0 Å². The van der Waals surface area contributed by atoms with Crippen molar-refractivity contribution >= 4 is 11.5 Å². The number of hydrogen-bond acceptors (Lipinski definition) is 6. The summed E-state index contributed by atoms with van der Waals surface area (Å²) in [4.78, 5) is 10.9. The molecular weight excluding hydrogens is 274 g/mol. The zero-order valence-corrected chi connectivity index (χ0v) is 12.8. The summed E-state index contributed by atoms with van der Waals surface area (Å²) in [5.41, 5.74) is 2.17. The molecule has 2 aromatic rings. The van der Waals surface area contributed by atoms with Gasteiger partial charge < -0.3 is 9.84 Å². The summed E-state index contributed by atoms with van der Waals surface area (Å²) < 4.78 is 6.65. The summed E-state index contributed by atoms with van der Waals surface area (Å²) in [6.45, 7) is 7.42. The Morgan fingerprint density at radius 2 is 2.14 bits per heavy atom. The maximum atomic E-state index is 11.3. The number of anilines is 1. The zero-order valence-electron chi connectivity index (χ0n) is 12.8. The van der Waals surface area contributed by atoms with Crippen molar-refractivity contribution in [2.45, 2.75) is 40.2 Å². The molecule has 0 fully saturated rings. The van der Waals surface area contributed by atoms with E-state index in [2.05, 4.69) is 15.6 Å². The van der Waals surface area contributed by atoms with Gasteiger partial charge in [-0.1, -0.05) is 12.1 Å². The molecule has 0 saturated heterocycles. The molecule has 0 aliphatic rings. The van der Waals surface area contributed by atoms with E-state index >= 15 is 0 Å². The van der Waals surface area contributed by atoms with Crippen molar-refractivity contribution < 1.29 is 9.45 Å². The monoisotopic (exact) mass is 293 g/mol. The average Bonchev–Trinajstić information content (AvgIpc) is 2.90. The first-order valence-electron chi connectivity index (χ1n) is 6.76. The predicted octanol–water partition coefficient (Wildman–Crippen LogP) is 2.67. The van der Waals surface area contributed by atoms with Crippen LogP contribution < -0.4 is 5.32 Å². The van der Waals surface area contributed by atoms with E-state index in [0.717, 1.165) is 11.3 Å². The van der Waals surface area contributed by atoms with Gasteiger partial charge in [0, 0.05) is 12.6 Å². The number of hydrogen-bond donors (Lipinski definition) is 1. The van der Waals surface area contributed by atoms with Crippen LogP contribution in [0.5, 0.6) is 0 Å². The van der Waals surface area contributed by atoms with Crippen LogP contribution in [-0.2, 0) is 13.5 Å². The fourth-order valence-corrected chi connectivity index (χ4v) is 2.55. The lowest BCUT2D eigenvalue weighted by atomic mass is 10.1. The topological polar surface area (TPSA) is 99.0 Å². The molecule has 0 aromatic carbocycles. The third-order valence-corrected chi connectivity index (χ3v) is 3.48. The standard InChI is InChI=1S/C13H19N5O3/c1-6-10-12(18(19)20)13(17(5)15-10)14-7(2)11-8(3)16-21-9(11)4/h7,14H,6H2,1-5H3. The van der Waals surface area contributed by atoms with Crippen molar-refractivity contribution in [2.24, 2.45) is 7.05 Å². The minimum absolute atomic E-state index is 0.0265. The van der Waals surface area contributed by atoms with Crippen LogP contribution in [0.25, 0.3) is 0 Å². The molecule has 114 valence electrons. The Balaban J connectivity index is 2.40. The highest BCUT2D eigenvalue weighted by atomic mass is 16.6. The van der Waals surface area contributed by atoms with E-state index < -0.39 is 4.92 Å². The van der Waals surface area contributed by atoms with E-state index in [1.54, 1.807) is 7.05 Å². The summed E-state index contributed by atoms with van der Waals surface area (Å²) in [6.07, 6.45) is 0.505. The molecule has 0 spiro atoms. The molecule has 0 aliphatic carbocycles. The van der Waals surface area contributed by atoms with Gasteiger partial charge in [-0.25, -0.2) is 4.68 Å². The van der Waals surface area contributed by atoms with E-state index in [4.69, 9.17) is 4.52 Å². The van der Waals surface area contributed by atoms with E-state index in [1.807, 2.05) is 27.7 Å². The van der Waals surface area contributed by atoms with Gasteiger partial charge >= 0.3 is 5.69 Å². The molecule has 1 unspecified atom stereocenters. The summed E-state index contributed by atoms with van der Waals surface area (Å²) in [5.74, 6) is 1.09. The molecule has 2 rings (SSSR count). The number of aryl methyl sites for hydroxylation is 4. The van der Waals surface area contributed by atoms with Crippen molar-refractivity contribution in [1.82, 2.24) is 14.9 Å². The molecule has 1 N–H and O–H groups in total. The zero-order chi connectivity index (χ0) is 15.7. The van der Waals surface area contributed by atoms with Crippen molar-refractivity contribution in [3.05, 3.63) is 32.8 Å². The lowest BCUT2D eigenvalue weighted by Crippen LogP contribution is -2.12. The third kappa shape index (κ3) is 2.61. The highest BCUT2D eigenvalue weighted by molar-refractivity contribution is 5.60. The van der Waals surface area contributed by atoms with Gasteiger partial charge in [0.25, 0.3) is 0 Å². The van der Waals surface area contributed by atoms with E-state index in [-0.39, 0.29) is 11.7 Å². The molecule has 8 nitrogen and oxygen atoms in total. The SMILES string of the molecule is CCc1nn(C)c(NC(C)c2c(C)noc2C)c1[N+](=O)[O-]. The third-order valence-electron chi connectivity index (χ3n) is 3.48. The normalized spacial score (nSPS) is 12.4. The molecule has 8 heteroatoms. The highest BCUT2D eigenvalue weighted by Gasteiger charge is 2.28. The Hall–Kier alpha value is -2.38. The molecule has 0 bridgehead atoms. The Morgan fingerprint density at radius 1 is 1.48 bits per heavy atom. The first-order valence-corrected chi connectivity index (χ1v) is 6.76. The van der Waals surface area contributed by atoms with Crippen LogP contribution in [0.15, 0.2) is 4.52 Å². The van der Waals surface area contributed by atoms with Gasteiger partial charge in [0.1, 0.15) is 11.5 Å². The second-order valence-corrected chi connectivity index (χ2v) is 4.98. The van der Waals surface area contributed by atoms with Crippen LogP contribution in [0.2, 0.25) is 0 Å². The molecule has 0 radical (unpaired) electrons. The van der Waals surface area contributed by atoms with Gasteiger partial charge in [-0.05, 0) is 27.2 Å². The van der Waals surface area contributed by atoms with Crippen LogP contribution >= 0.6 is 0 Å². The number of nitro groups is 1. The number of aromatic nitrogens is 3. The largest absolute Gasteiger partial charge is 0.361 e. The number of rotatable bonds is 5. The smallest absolute Gasteiger partial charge is 0.333 e. The minimum Gasteiger partial charge on any atom is -0.361 e. The van der Waals surface area contributed by atoms with Gasteiger partial charge in [0.05, 0.1) is 16.7 Å². The Kier molecular flexibility index (Phi) is 3.97. The molecule has 0 aliphatic heterocycles. The molecule has 1 atom stereocenters. The maximum Gasteiger partial charge on any atom is 0.333 e. The van der Waals surface area contributed by atoms with E-state index in [9.17, 15) is 10.1 Å². The fourth-order valence-electron chi connectivity index (χ4n) is 2.55. The molecule has 2 heterocycles. The molecular formula is C13H19N5O3. The Labute approximate surface area is 122 Å². The maximum absolute atomic E-state index is 11.3. The van der Waals surface area contributed by atoms with Gasteiger partial charge in [-0.3, -0.25) is 10.1 Å². The van der Waals surface area contributed by atoms with Gasteiger partial charge in [0.15, 0.2) is 0 Å². The minimum atomic E-state index is -0.395. The summed E-state index contributed by atoms with van der Waals surface area (Å²) >= 11 is 0. The molecule has 21 heavy (non-hydrogen) atoms. The number of nitrogens with zero attached hydrogens (tertiary/aromatic N) is 4. The van der Waals surface area contributed by atoms with Crippen LogP contribution in [0.1, 0.15) is 42.6 Å². The lowest BCUT2D eigenvalue weighted by molar-refractivity contribution is -0.384. The quantitative estimate of drug-likeness (QED) is 0.672. The second-order valence-electron chi connectivity index (χ2n) is 4.98. The molecule has 2 aromatic heterocycles. The average molecular weight is 293 g/mol. The van der Waals surface area contributed by atoms with E-state index in [0.29, 0.717) is 23.7 Å². The van der Waals surface area contributed by atoms with Gasteiger partial charge in [-0.15, -0.1) is 0 Å². The highest BCUT2D eigenvalue weighted by Crippen LogP contribution is 2.32. The molecule has 0 saturated carbocycles. The summed E-state index contributed by atoms with van der Waals surface area (Å²) in [5, 5.41) is 22.6. The first kappa shape index (κ1) is 15.0. The molecule has 0 amide bonds. The van der Waals surface area contributed by atoms with E-state index in [1.165, 1.54) is 4.68 Å². The summed E-state index contributed by atoms with van der Waals surface area (Å²) in [7, 11) is 1.69. The Morgan fingerprint density at radius 3 is 2.62 bits per heavy atom. The number of nitrogens with one attached hydrogen (secondary N) is 1. The fraction of sp³-hybridized carbons (Fsp3) is 0.538. The lowest BCUT2D eigenvalue weighted by Gasteiger charge is -2.14. The Bertz CT molecular complexity index is 654. The van der Waals surface area contributed by atoms with Crippen molar-refractivity contribution in [3.63, 3.8) is 0 Å². The summed E-state index contributed by atoms with van der Waals surface area (Å²) in [6, 6.07) is -0.171. The van der Waals surface area contributed by atoms with Crippen LogP contribution in [0.4, 0.5) is 11.5 Å². The van der Waals surface area contributed by atoms with Gasteiger partial charge in [0.2, 0.25) is 5.82 Å². The predicted molar refractivity (Wildman–Crippen MR) is 77.3 cm³/mol. The van der Waals surface area contributed by atoms with Gasteiger partial charge in [-0.2, -0.15) is 5.10 Å². The van der Waals surface area contributed by atoms with Crippen molar-refractivity contribution in [1.29, 1.82) is 0 Å². The van der Waals surface area contributed by atoms with Crippen LogP contribution in [-0.4, -0.2) is 19.9 Å². The van der Waals surface area contributed by atoms with Crippen molar-refractivity contribution in [2.75, 3.05) is 5.32 Å². The second kappa shape index (κ2) is 5.55. The van der Waals surface area contributed by atoms with Crippen LogP contribution in [0.3, 0.4) is 0 Å². The van der Waals surface area contributed by atoms with Crippen LogP contribution in [0, 0.1) is 24.0 Å².